The van der Waals surface area contributed by atoms with E-state index >= 15 is 0 Å². The first kappa shape index (κ1) is 20.8. The minimum atomic E-state index is -0.495. The van der Waals surface area contributed by atoms with Crippen LogP contribution < -0.4 is 16.4 Å². The summed E-state index contributed by atoms with van der Waals surface area (Å²) in [5.74, 6) is -1.14. The molecule has 0 aliphatic carbocycles. The summed E-state index contributed by atoms with van der Waals surface area (Å²) in [6.07, 6.45) is 0.127. The molecule has 124 valence electrons. The van der Waals surface area contributed by atoms with Crippen molar-refractivity contribution in [3.63, 3.8) is 0 Å². The molecule has 0 aliphatic heterocycles. The molecule has 0 saturated heterocycles. The minimum Gasteiger partial charge on any atom is -0.351 e. The quantitative estimate of drug-likeness (QED) is 0.687. The molecule has 8 heteroatoms. The highest BCUT2D eigenvalue weighted by atomic mass is 79.9. The summed E-state index contributed by atoms with van der Waals surface area (Å²) in [5.41, 5.74) is 5.23. The van der Waals surface area contributed by atoms with Gasteiger partial charge in [0.1, 0.15) is 5.82 Å². The number of nitrogens with one attached hydrogen (secondary N) is 2. The number of carbonyl (C=O) groups excluding carboxylic acids is 2. The van der Waals surface area contributed by atoms with Crippen molar-refractivity contribution in [1.29, 1.82) is 0 Å². The van der Waals surface area contributed by atoms with Gasteiger partial charge in [0.05, 0.1) is 5.56 Å². The fourth-order valence-corrected chi connectivity index (χ4v) is 1.97. The zero-order valence-corrected chi connectivity index (χ0v) is 14.8. The van der Waals surface area contributed by atoms with E-state index in [0.717, 1.165) is 6.07 Å². The Balaban J connectivity index is 0.00000441. The molecule has 0 spiro atoms. The van der Waals surface area contributed by atoms with E-state index in [4.69, 9.17) is 5.73 Å². The Bertz CT molecular complexity index is 541. The first-order valence-corrected chi connectivity index (χ1v) is 7.29. The zero-order valence-electron chi connectivity index (χ0n) is 12.4. The van der Waals surface area contributed by atoms with Crippen LogP contribution in [0.15, 0.2) is 22.7 Å². The normalized spacial score (nSPS) is 10.6. The lowest BCUT2D eigenvalue weighted by Crippen LogP contribution is -2.49. The van der Waals surface area contributed by atoms with E-state index in [9.17, 15) is 14.0 Å². The van der Waals surface area contributed by atoms with Crippen LogP contribution in [0.4, 0.5) is 4.39 Å². The zero-order chi connectivity index (χ0) is 16.0. The van der Waals surface area contributed by atoms with Crippen molar-refractivity contribution in [2.45, 2.75) is 25.8 Å². The standard InChI is InChI=1S/C14H19BrFN3O2.ClH/c1-14(2,8-17)19-12(20)5-6-18-13(21)10-7-9(16)3-4-11(10)15;/h3-4,7H,5-6,8,17H2,1-2H3,(H,18,21)(H,19,20);1H. The van der Waals surface area contributed by atoms with Crippen molar-refractivity contribution in [2.75, 3.05) is 13.1 Å². The maximum atomic E-state index is 13.1. The second-order valence-corrected chi connectivity index (χ2v) is 6.12. The first-order chi connectivity index (χ1) is 9.75. The number of rotatable bonds is 6. The molecule has 1 rings (SSSR count). The summed E-state index contributed by atoms with van der Waals surface area (Å²) in [5, 5.41) is 5.33. The third-order valence-corrected chi connectivity index (χ3v) is 3.49. The molecule has 0 heterocycles. The number of nitrogens with two attached hydrogens (primary N) is 1. The predicted octanol–water partition coefficient (Wildman–Crippen LogP) is 1.98. The lowest BCUT2D eigenvalue weighted by Gasteiger charge is -2.24. The van der Waals surface area contributed by atoms with E-state index in [0.29, 0.717) is 11.0 Å². The molecule has 0 bridgehead atoms. The molecule has 1 aromatic rings. The van der Waals surface area contributed by atoms with E-state index in [-0.39, 0.29) is 36.8 Å². The molecule has 5 nitrogen and oxygen atoms in total. The summed E-state index contributed by atoms with van der Waals surface area (Å²) in [7, 11) is 0. The second-order valence-electron chi connectivity index (χ2n) is 5.27. The molecule has 2 amide bonds. The number of benzene rings is 1. The number of halogens is 3. The Morgan fingerprint density at radius 1 is 1.36 bits per heavy atom. The van der Waals surface area contributed by atoms with Crippen molar-refractivity contribution < 1.29 is 14.0 Å². The Morgan fingerprint density at radius 2 is 2.00 bits per heavy atom. The van der Waals surface area contributed by atoms with Crippen molar-refractivity contribution in [3.8, 4) is 0 Å². The number of amides is 2. The molecule has 1 aromatic carbocycles. The maximum absolute atomic E-state index is 13.1. The molecule has 0 saturated carbocycles. The van der Waals surface area contributed by atoms with Gasteiger partial charge < -0.3 is 16.4 Å². The molecular weight excluding hydrogens is 377 g/mol. The number of carbonyl (C=O) groups is 2. The second kappa shape index (κ2) is 9.07. The summed E-state index contributed by atoms with van der Waals surface area (Å²) >= 11 is 3.18. The van der Waals surface area contributed by atoms with Crippen molar-refractivity contribution >= 4 is 40.2 Å². The van der Waals surface area contributed by atoms with Gasteiger partial charge >= 0.3 is 0 Å². The molecule has 0 unspecified atom stereocenters. The van der Waals surface area contributed by atoms with Gasteiger partial charge in [0, 0.05) is 29.5 Å². The molecule has 4 N–H and O–H groups in total. The highest BCUT2D eigenvalue weighted by Crippen LogP contribution is 2.17. The lowest BCUT2D eigenvalue weighted by molar-refractivity contribution is -0.122. The van der Waals surface area contributed by atoms with E-state index in [1.54, 1.807) is 0 Å². The maximum Gasteiger partial charge on any atom is 0.252 e. The highest BCUT2D eigenvalue weighted by Gasteiger charge is 2.18. The summed E-state index contributed by atoms with van der Waals surface area (Å²) in [4.78, 5) is 23.6. The molecule has 0 aliphatic rings. The fourth-order valence-electron chi connectivity index (χ4n) is 1.55. The van der Waals surface area contributed by atoms with Crippen molar-refractivity contribution in [3.05, 3.63) is 34.1 Å². The van der Waals surface area contributed by atoms with Crippen LogP contribution in [0.5, 0.6) is 0 Å². The lowest BCUT2D eigenvalue weighted by atomic mass is 10.1. The molecular formula is C14H20BrClFN3O2. The SMILES string of the molecule is CC(C)(CN)NC(=O)CCNC(=O)c1cc(F)ccc1Br.Cl. The van der Waals surface area contributed by atoms with Crippen LogP contribution in [0.2, 0.25) is 0 Å². The Labute approximate surface area is 143 Å². The van der Waals surface area contributed by atoms with Gasteiger partial charge in [-0.25, -0.2) is 4.39 Å². The van der Waals surface area contributed by atoms with Crippen LogP contribution in [0.1, 0.15) is 30.6 Å². The van der Waals surface area contributed by atoms with Gasteiger partial charge in [-0.05, 0) is 48.0 Å². The summed E-state index contributed by atoms with van der Waals surface area (Å²) < 4.78 is 13.6. The molecule has 22 heavy (non-hydrogen) atoms. The Hall–Kier alpha value is -1.18. The monoisotopic (exact) mass is 395 g/mol. The third-order valence-electron chi connectivity index (χ3n) is 2.80. The number of hydrogen-bond acceptors (Lipinski definition) is 3. The van der Waals surface area contributed by atoms with Crippen LogP contribution >= 0.6 is 28.3 Å². The van der Waals surface area contributed by atoms with Crippen LogP contribution in [0, 0.1) is 5.82 Å². The molecule has 0 radical (unpaired) electrons. The smallest absolute Gasteiger partial charge is 0.252 e. The fraction of sp³-hybridized carbons (Fsp3) is 0.429. The van der Waals surface area contributed by atoms with Gasteiger partial charge in [0.15, 0.2) is 0 Å². The molecule has 0 fully saturated rings. The van der Waals surface area contributed by atoms with Crippen LogP contribution in [-0.2, 0) is 4.79 Å². The van der Waals surface area contributed by atoms with Crippen LogP contribution in [0.3, 0.4) is 0 Å². The average molecular weight is 397 g/mol. The van der Waals surface area contributed by atoms with Crippen LogP contribution in [-0.4, -0.2) is 30.4 Å². The van der Waals surface area contributed by atoms with Gasteiger partial charge in [0.25, 0.3) is 5.91 Å². The van der Waals surface area contributed by atoms with Gasteiger partial charge in [-0.2, -0.15) is 0 Å². The number of hydrogen-bond donors (Lipinski definition) is 3. The van der Waals surface area contributed by atoms with E-state index in [2.05, 4.69) is 26.6 Å². The summed E-state index contributed by atoms with van der Waals surface area (Å²) in [6, 6.07) is 3.85. The van der Waals surface area contributed by atoms with Crippen LogP contribution in [0.25, 0.3) is 0 Å². The highest BCUT2D eigenvalue weighted by molar-refractivity contribution is 9.10. The van der Waals surface area contributed by atoms with E-state index < -0.39 is 17.3 Å². The predicted molar refractivity (Wildman–Crippen MR) is 89.6 cm³/mol. The Kier molecular flexibility index (Phi) is 8.58. The average Bonchev–Trinajstić information content (AvgIpc) is 2.40. The third kappa shape index (κ3) is 6.72. The first-order valence-electron chi connectivity index (χ1n) is 6.49. The van der Waals surface area contributed by atoms with Crippen molar-refractivity contribution in [2.24, 2.45) is 5.73 Å². The largest absolute Gasteiger partial charge is 0.351 e. The van der Waals surface area contributed by atoms with Gasteiger partial charge in [-0.15, -0.1) is 12.4 Å². The minimum absolute atomic E-state index is 0. The topological polar surface area (TPSA) is 84.2 Å². The van der Waals surface area contributed by atoms with Gasteiger partial charge in [0.2, 0.25) is 5.91 Å². The Morgan fingerprint density at radius 3 is 2.59 bits per heavy atom. The van der Waals surface area contributed by atoms with Gasteiger partial charge in [-0.1, -0.05) is 0 Å². The van der Waals surface area contributed by atoms with E-state index in [1.807, 2.05) is 13.8 Å². The van der Waals surface area contributed by atoms with E-state index in [1.165, 1.54) is 12.1 Å². The summed E-state index contributed by atoms with van der Waals surface area (Å²) in [6.45, 7) is 4.11. The van der Waals surface area contributed by atoms with Crippen molar-refractivity contribution in [1.82, 2.24) is 10.6 Å². The molecule has 0 atom stereocenters. The van der Waals surface area contributed by atoms with Gasteiger partial charge in [-0.3, -0.25) is 9.59 Å². The molecule has 0 aromatic heterocycles.